The zero-order valence-electron chi connectivity index (χ0n) is 10.6. The van der Waals surface area contributed by atoms with Crippen LogP contribution in [0.15, 0.2) is 39.4 Å². The van der Waals surface area contributed by atoms with E-state index in [2.05, 4.69) is 31.1 Å². The van der Waals surface area contributed by atoms with E-state index in [9.17, 15) is 0 Å². The molecule has 100 valence electrons. The molecule has 0 aliphatic carbocycles. The van der Waals surface area contributed by atoms with Gasteiger partial charge in [0.05, 0.1) is 5.69 Å². The third kappa shape index (κ3) is 3.23. The molecule has 1 aromatic carbocycles. The molecule has 2 aromatic rings. The van der Waals surface area contributed by atoms with Gasteiger partial charge in [-0.25, -0.2) is 4.98 Å². The van der Waals surface area contributed by atoms with E-state index in [0.29, 0.717) is 5.89 Å². The van der Waals surface area contributed by atoms with Crippen molar-refractivity contribution >= 4 is 15.9 Å². The predicted octanol–water partition coefficient (Wildman–Crippen LogP) is 2.51. The van der Waals surface area contributed by atoms with E-state index in [-0.39, 0.29) is 0 Å². The number of aromatic nitrogens is 1. The Morgan fingerprint density at radius 3 is 2.68 bits per heavy atom. The predicted molar refractivity (Wildman–Crippen MR) is 77.8 cm³/mol. The molecule has 19 heavy (non-hydrogen) atoms. The van der Waals surface area contributed by atoms with Gasteiger partial charge >= 0.3 is 0 Å². The number of rotatable bonds is 3. The summed E-state index contributed by atoms with van der Waals surface area (Å²) < 4.78 is 6.62. The Kier molecular flexibility index (Phi) is 3.96. The topological polar surface area (TPSA) is 41.3 Å². The van der Waals surface area contributed by atoms with Crippen LogP contribution < -0.4 is 5.32 Å². The van der Waals surface area contributed by atoms with E-state index in [1.165, 1.54) is 0 Å². The molecule has 1 aromatic heterocycles. The monoisotopic (exact) mass is 321 g/mol. The van der Waals surface area contributed by atoms with Crippen LogP contribution in [0.25, 0.3) is 11.5 Å². The molecule has 0 saturated carbocycles. The van der Waals surface area contributed by atoms with E-state index in [1.807, 2.05) is 24.3 Å². The standard InChI is InChI=1S/C14H16BrN3O/c15-12-3-1-11(2-4-12)14-17-13(10-19-14)9-18-7-5-16-6-8-18/h1-4,10,16H,5-9H2. The minimum absolute atomic E-state index is 0.692. The van der Waals surface area contributed by atoms with Crippen LogP contribution in [0.5, 0.6) is 0 Å². The van der Waals surface area contributed by atoms with Crippen molar-refractivity contribution in [2.24, 2.45) is 0 Å². The largest absolute Gasteiger partial charge is 0.444 e. The summed E-state index contributed by atoms with van der Waals surface area (Å²) in [5.41, 5.74) is 2.01. The van der Waals surface area contributed by atoms with Gasteiger partial charge in [0.15, 0.2) is 0 Å². The second kappa shape index (κ2) is 5.86. The molecular formula is C14H16BrN3O. The molecule has 0 unspecified atom stereocenters. The molecule has 1 saturated heterocycles. The van der Waals surface area contributed by atoms with Gasteiger partial charge in [0.2, 0.25) is 5.89 Å². The molecule has 1 aliphatic heterocycles. The van der Waals surface area contributed by atoms with Crippen molar-refractivity contribution in [3.63, 3.8) is 0 Å². The zero-order chi connectivity index (χ0) is 13.1. The lowest BCUT2D eigenvalue weighted by Gasteiger charge is -2.25. The van der Waals surface area contributed by atoms with Gasteiger partial charge in [-0.05, 0) is 24.3 Å². The highest BCUT2D eigenvalue weighted by atomic mass is 79.9. The second-order valence-electron chi connectivity index (χ2n) is 4.68. The normalized spacial score (nSPS) is 16.7. The van der Waals surface area contributed by atoms with Crippen LogP contribution in [0.1, 0.15) is 5.69 Å². The highest BCUT2D eigenvalue weighted by Crippen LogP contribution is 2.21. The zero-order valence-corrected chi connectivity index (χ0v) is 12.2. The lowest BCUT2D eigenvalue weighted by atomic mass is 10.2. The fourth-order valence-corrected chi connectivity index (χ4v) is 2.47. The summed E-state index contributed by atoms with van der Waals surface area (Å²) in [5, 5.41) is 3.35. The Bertz CT molecular complexity index is 532. The summed E-state index contributed by atoms with van der Waals surface area (Å²) in [6, 6.07) is 8.00. The number of nitrogens with one attached hydrogen (secondary N) is 1. The summed E-state index contributed by atoms with van der Waals surface area (Å²) in [7, 11) is 0. The van der Waals surface area contributed by atoms with Crippen LogP contribution >= 0.6 is 15.9 Å². The number of piperazine rings is 1. The van der Waals surface area contributed by atoms with E-state index in [0.717, 1.165) is 48.5 Å². The smallest absolute Gasteiger partial charge is 0.226 e. The lowest BCUT2D eigenvalue weighted by molar-refractivity contribution is 0.230. The molecule has 2 heterocycles. The molecule has 1 N–H and O–H groups in total. The first-order valence-electron chi connectivity index (χ1n) is 6.45. The van der Waals surface area contributed by atoms with Crippen LogP contribution in [0.4, 0.5) is 0 Å². The van der Waals surface area contributed by atoms with Gasteiger partial charge < -0.3 is 9.73 Å². The summed E-state index contributed by atoms with van der Waals surface area (Å²) in [5.74, 6) is 0.692. The molecule has 0 spiro atoms. The molecule has 0 atom stereocenters. The third-order valence-electron chi connectivity index (χ3n) is 3.24. The number of hydrogen-bond donors (Lipinski definition) is 1. The third-order valence-corrected chi connectivity index (χ3v) is 3.77. The molecule has 0 bridgehead atoms. The Morgan fingerprint density at radius 1 is 1.21 bits per heavy atom. The minimum Gasteiger partial charge on any atom is -0.444 e. The van der Waals surface area contributed by atoms with Crippen molar-refractivity contribution in [3.8, 4) is 11.5 Å². The van der Waals surface area contributed by atoms with Crippen LogP contribution in [0, 0.1) is 0 Å². The molecular weight excluding hydrogens is 306 g/mol. The number of halogens is 1. The summed E-state index contributed by atoms with van der Waals surface area (Å²) in [6.07, 6.45) is 1.76. The molecule has 1 aliphatic rings. The molecule has 5 heteroatoms. The molecule has 1 fully saturated rings. The molecule has 0 amide bonds. The lowest BCUT2D eigenvalue weighted by Crippen LogP contribution is -2.42. The first-order valence-corrected chi connectivity index (χ1v) is 7.24. The molecule has 3 rings (SSSR count). The van der Waals surface area contributed by atoms with Gasteiger partial charge in [0, 0.05) is 42.8 Å². The summed E-state index contributed by atoms with van der Waals surface area (Å²) in [6.45, 7) is 5.11. The Balaban J connectivity index is 1.70. The number of nitrogens with zero attached hydrogens (tertiary/aromatic N) is 2. The number of hydrogen-bond acceptors (Lipinski definition) is 4. The Hall–Kier alpha value is -1.17. The van der Waals surface area contributed by atoms with Gasteiger partial charge in [0.25, 0.3) is 0 Å². The highest BCUT2D eigenvalue weighted by molar-refractivity contribution is 9.10. The van der Waals surface area contributed by atoms with Crippen LogP contribution in [-0.2, 0) is 6.54 Å². The maximum Gasteiger partial charge on any atom is 0.226 e. The average Bonchev–Trinajstić information content (AvgIpc) is 2.89. The Morgan fingerprint density at radius 2 is 1.95 bits per heavy atom. The maximum absolute atomic E-state index is 5.56. The summed E-state index contributed by atoms with van der Waals surface area (Å²) >= 11 is 3.43. The van der Waals surface area contributed by atoms with E-state index in [4.69, 9.17) is 4.42 Å². The van der Waals surface area contributed by atoms with Crippen LogP contribution in [0.2, 0.25) is 0 Å². The molecule has 4 nitrogen and oxygen atoms in total. The van der Waals surface area contributed by atoms with Gasteiger partial charge in [-0.15, -0.1) is 0 Å². The van der Waals surface area contributed by atoms with Crippen LogP contribution in [0.3, 0.4) is 0 Å². The average molecular weight is 322 g/mol. The van der Waals surface area contributed by atoms with Gasteiger partial charge in [-0.1, -0.05) is 15.9 Å². The van der Waals surface area contributed by atoms with Crippen LogP contribution in [-0.4, -0.2) is 36.1 Å². The second-order valence-corrected chi connectivity index (χ2v) is 5.59. The van der Waals surface area contributed by atoms with Crippen molar-refractivity contribution in [1.82, 2.24) is 15.2 Å². The highest BCUT2D eigenvalue weighted by Gasteiger charge is 2.13. The van der Waals surface area contributed by atoms with Gasteiger partial charge in [-0.2, -0.15) is 0 Å². The quantitative estimate of drug-likeness (QED) is 0.943. The van der Waals surface area contributed by atoms with Crippen molar-refractivity contribution in [3.05, 3.63) is 40.7 Å². The first kappa shape index (κ1) is 12.8. The summed E-state index contributed by atoms with van der Waals surface area (Å²) in [4.78, 5) is 6.95. The van der Waals surface area contributed by atoms with Crippen molar-refractivity contribution in [2.75, 3.05) is 26.2 Å². The van der Waals surface area contributed by atoms with E-state index >= 15 is 0 Å². The SMILES string of the molecule is Brc1ccc(-c2nc(CN3CCNCC3)co2)cc1. The minimum atomic E-state index is 0.692. The number of benzene rings is 1. The van der Waals surface area contributed by atoms with E-state index < -0.39 is 0 Å². The van der Waals surface area contributed by atoms with Gasteiger partial charge in [-0.3, -0.25) is 4.90 Å². The van der Waals surface area contributed by atoms with Crippen molar-refractivity contribution in [2.45, 2.75) is 6.54 Å². The first-order chi connectivity index (χ1) is 9.31. The van der Waals surface area contributed by atoms with Crippen molar-refractivity contribution < 1.29 is 4.42 Å². The fourth-order valence-electron chi connectivity index (χ4n) is 2.20. The maximum atomic E-state index is 5.56. The number of oxazole rings is 1. The fraction of sp³-hybridized carbons (Fsp3) is 0.357. The van der Waals surface area contributed by atoms with Crippen molar-refractivity contribution in [1.29, 1.82) is 0 Å². The Labute approximate surface area is 120 Å². The van der Waals surface area contributed by atoms with Gasteiger partial charge in [0.1, 0.15) is 6.26 Å². The van der Waals surface area contributed by atoms with E-state index in [1.54, 1.807) is 6.26 Å². The molecule has 0 radical (unpaired) electrons.